The van der Waals surface area contributed by atoms with Gasteiger partial charge in [-0.25, -0.2) is 17.6 Å². The van der Waals surface area contributed by atoms with E-state index < -0.39 is 11.6 Å². The van der Waals surface area contributed by atoms with E-state index in [1.54, 1.807) is 38.1 Å². The Kier molecular flexibility index (Phi) is 27.4. The largest absolute Gasteiger partial charge is 0.207 e. The molecule has 2 saturated carbocycles. The van der Waals surface area contributed by atoms with Crippen LogP contribution in [0.25, 0.3) is 0 Å². The van der Waals surface area contributed by atoms with E-state index in [9.17, 15) is 17.6 Å². The van der Waals surface area contributed by atoms with Gasteiger partial charge in [-0.2, -0.15) is 0 Å². The Balaban J connectivity index is 0. The molecule has 0 nitrogen and oxygen atoms in total. The van der Waals surface area contributed by atoms with Crippen LogP contribution in [0.3, 0.4) is 0 Å². The fraction of sp³-hybridized carbons (Fsp3) is 0.520. The Morgan fingerprint density at radius 1 is 0.333 bits per heavy atom. The fourth-order valence-electron chi connectivity index (χ4n) is 5.63. The van der Waals surface area contributed by atoms with E-state index in [2.05, 4.69) is 65.8 Å². The van der Waals surface area contributed by atoms with Crippen molar-refractivity contribution in [1.82, 2.24) is 0 Å². The lowest BCUT2D eigenvalue weighted by molar-refractivity contribution is 0.308. The molecule has 2 aliphatic rings. The predicted octanol–water partition coefficient (Wildman–Crippen LogP) is 16.7. The van der Waals surface area contributed by atoms with Crippen molar-refractivity contribution in [2.75, 3.05) is 0 Å². The van der Waals surface area contributed by atoms with Crippen molar-refractivity contribution in [3.63, 3.8) is 0 Å². The van der Waals surface area contributed by atoms with Crippen LogP contribution >= 0.6 is 0 Å². The summed E-state index contributed by atoms with van der Waals surface area (Å²) >= 11 is 0. The summed E-state index contributed by atoms with van der Waals surface area (Å²) < 4.78 is 50.4. The van der Waals surface area contributed by atoms with E-state index in [4.69, 9.17) is 0 Å². The Hall–Kier alpha value is -3.40. The number of rotatable bonds is 0. The molecular weight excluding hydrogens is 677 g/mol. The van der Waals surface area contributed by atoms with Crippen LogP contribution in [0.4, 0.5) is 17.6 Å². The molecular formula is C50H76F4. The van der Waals surface area contributed by atoms with Crippen molar-refractivity contribution in [1.29, 1.82) is 0 Å². The summed E-state index contributed by atoms with van der Waals surface area (Å²) in [5.41, 5.74) is 6.72. The van der Waals surface area contributed by atoms with E-state index in [0.717, 1.165) is 34.8 Å². The van der Waals surface area contributed by atoms with Gasteiger partial charge in [0.05, 0.1) is 0 Å². The third-order valence-corrected chi connectivity index (χ3v) is 9.95. The number of benzene rings is 4. The summed E-state index contributed by atoms with van der Waals surface area (Å²) in [6.45, 7) is 24.0. The molecule has 2 fully saturated rings. The first kappa shape index (κ1) is 52.7. The fourth-order valence-corrected chi connectivity index (χ4v) is 5.63. The predicted molar refractivity (Wildman–Crippen MR) is 231 cm³/mol. The summed E-state index contributed by atoms with van der Waals surface area (Å²) in [7, 11) is 0. The average Bonchev–Trinajstić information content (AvgIpc) is 3.11. The van der Waals surface area contributed by atoms with Crippen molar-refractivity contribution in [2.24, 2.45) is 23.7 Å². The Morgan fingerprint density at radius 2 is 0.537 bits per heavy atom. The molecule has 0 N–H and O–H groups in total. The van der Waals surface area contributed by atoms with E-state index >= 15 is 0 Å². The molecule has 0 aromatic heterocycles. The van der Waals surface area contributed by atoms with Crippen LogP contribution in [-0.2, 0) is 0 Å². The second kappa shape index (κ2) is 28.1. The first-order valence-electron chi connectivity index (χ1n) is 19.3. The van der Waals surface area contributed by atoms with Gasteiger partial charge in [0.2, 0.25) is 0 Å². The zero-order valence-corrected chi connectivity index (χ0v) is 34.4. The zero-order chi connectivity index (χ0) is 39.4. The van der Waals surface area contributed by atoms with Crippen molar-refractivity contribution in [3.8, 4) is 0 Å². The number of hydrogen-bond acceptors (Lipinski definition) is 0. The van der Waals surface area contributed by atoms with Gasteiger partial charge < -0.3 is 0 Å². The molecule has 2 aliphatic carbocycles. The Labute approximate surface area is 330 Å². The number of halogens is 4. The molecule has 54 heavy (non-hydrogen) atoms. The lowest BCUT2D eigenvalue weighted by atomic mass is 9.84. The highest BCUT2D eigenvalue weighted by molar-refractivity contribution is 5.24. The maximum atomic E-state index is 12.6. The first-order valence-corrected chi connectivity index (χ1v) is 19.3. The monoisotopic (exact) mass is 753 g/mol. The summed E-state index contributed by atoms with van der Waals surface area (Å²) in [5.74, 6) is 2.37. The average molecular weight is 753 g/mol. The molecule has 0 atom stereocenters. The van der Waals surface area contributed by atoms with Crippen LogP contribution in [0.1, 0.15) is 138 Å². The molecule has 0 amide bonds. The number of hydrogen-bond donors (Lipinski definition) is 0. The summed E-state index contributed by atoms with van der Waals surface area (Å²) in [4.78, 5) is 0. The van der Waals surface area contributed by atoms with Gasteiger partial charge in [-0.15, -0.1) is 0 Å². The normalized spacial score (nSPS) is 18.2. The highest BCUT2D eigenvalue weighted by atomic mass is 19.2. The molecule has 0 spiro atoms. The van der Waals surface area contributed by atoms with E-state index in [-0.39, 0.29) is 26.5 Å². The Bertz CT molecular complexity index is 1420. The molecule has 4 aromatic rings. The summed E-state index contributed by atoms with van der Waals surface area (Å²) in [6, 6.07) is 22.0. The molecule has 4 aromatic carbocycles. The van der Waals surface area contributed by atoms with E-state index in [0.29, 0.717) is 22.3 Å². The summed E-state index contributed by atoms with van der Waals surface area (Å²) in [6.07, 6.45) is 11.8. The minimum absolute atomic E-state index is 0. The topological polar surface area (TPSA) is 0 Å². The van der Waals surface area contributed by atoms with Crippen LogP contribution in [0.2, 0.25) is 0 Å². The van der Waals surface area contributed by atoms with Crippen LogP contribution < -0.4 is 0 Å². The molecule has 0 radical (unpaired) electrons. The van der Waals surface area contributed by atoms with Gasteiger partial charge in [0.25, 0.3) is 0 Å². The van der Waals surface area contributed by atoms with Crippen molar-refractivity contribution in [3.05, 3.63) is 141 Å². The van der Waals surface area contributed by atoms with E-state index in [1.165, 1.54) is 88.5 Å². The Morgan fingerprint density at radius 3 is 0.741 bits per heavy atom. The van der Waals surface area contributed by atoms with Gasteiger partial charge in [0.1, 0.15) is 11.6 Å². The first-order chi connectivity index (χ1) is 24.4. The standard InChI is InChI=1S/C8H8F2.2C8H9F.2C8H16.C8H10.2CH4/c1-5-3-4-6(2)8(10)7(5)9;2*1-6-3-4-7(2)8(9)5-6;3*1-7-3-5-8(2)6-4-7;;/h3-4H,1-2H3;2*3-5H,1-2H3;2*7-8H,3-6H2,1-2H3;3-6H,1-2H3;2*1H4. The van der Waals surface area contributed by atoms with E-state index in [1.807, 2.05) is 26.0 Å². The van der Waals surface area contributed by atoms with Gasteiger partial charge >= 0.3 is 0 Å². The molecule has 0 bridgehead atoms. The number of aryl methyl sites for hydroxylation is 8. The quantitative estimate of drug-likeness (QED) is 0.157. The van der Waals surface area contributed by atoms with Gasteiger partial charge in [0, 0.05) is 0 Å². The summed E-state index contributed by atoms with van der Waals surface area (Å²) in [5, 5.41) is 0. The second-order valence-corrected chi connectivity index (χ2v) is 15.7. The molecule has 0 aliphatic heterocycles. The van der Waals surface area contributed by atoms with Crippen LogP contribution in [0.5, 0.6) is 0 Å². The minimum atomic E-state index is -0.736. The zero-order valence-electron chi connectivity index (χ0n) is 34.4. The highest BCUT2D eigenvalue weighted by Crippen LogP contribution is 2.28. The second-order valence-electron chi connectivity index (χ2n) is 15.7. The van der Waals surface area contributed by atoms with Crippen LogP contribution in [0.15, 0.2) is 72.8 Å². The van der Waals surface area contributed by atoms with Gasteiger partial charge in [-0.3, -0.25) is 0 Å². The lowest BCUT2D eigenvalue weighted by Crippen LogP contribution is -2.08. The third kappa shape index (κ3) is 22.7. The highest BCUT2D eigenvalue weighted by Gasteiger charge is 2.14. The maximum absolute atomic E-state index is 12.6. The van der Waals surface area contributed by atoms with Gasteiger partial charge in [0.15, 0.2) is 11.6 Å². The third-order valence-electron chi connectivity index (χ3n) is 9.95. The molecule has 4 heteroatoms. The van der Waals surface area contributed by atoms with Crippen molar-refractivity contribution >= 4 is 0 Å². The van der Waals surface area contributed by atoms with Gasteiger partial charge in [-0.05, 0) is 125 Å². The minimum Gasteiger partial charge on any atom is -0.207 e. The van der Waals surface area contributed by atoms with Gasteiger partial charge in [-0.1, -0.05) is 166 Å². The van der Waals surface area contributed by atoms with Crippen molar-refractivity contribution in [2.45, 2.75) is 149 Å². The molecule has 0 heterocycles. The lowest BCUT2D eigenvalue weighted by Gasteiger charge is -2.22. The molecule has 0 unspecified atom stereocenters. The molecule has 6 rings (SSSR count). The van der Waals surface area contributed by atoms with Crippen LogP contribution in [-0.4, -0.2) is 0 Å². The SMILES string of the molecule is C.C.CC1CCC(C)CC1.CC1CCC(C)CC1.Cc1ccc(C)c(F)c1.Cc1ccc(C)c(F)c1.Cc1ccc(C)c(F)c1F.Cc1ccc(C)cc1. The molecule has 304 valence electrons. The van der Waals surface area contributed by atoms with Crippen molar-refractivity contribution < 1.29 is 17.6 Å². The maximum Gasteiger partial charge on any atom is 0.161 e. The van der Waals surface area contributed by atoms with Crippen LogP contribution in [0, 0.1) is 102 Å². The smallest absolute Gasteiger partial charge is 0.161 e. The molecule has 0 saturated heterocycles.